The fourth-order valence-corrected chi connectivity index (χ4v) is 7.27. The van der Waals surface area contributed by atoms with Crippen molar-refractivity contribution in [2.75, 3.05) is 33.3 Å². The molecule has 3 amide bonds. The lowest BCUT2D eigenvalue weighted by Crippen LogP contribution is -2.55. The van der Waals surface area contributed by atoms with Crippen LogP contribution in [-0.2, 0) is 14.3 Å². The van der Waals surface area contributed by atoms with Crippen LogP contribution in [-0.4, -0.2) is 79.9 Å². The molecule has 1 saturated heterocycles. The molecule has 6 atom stereocenters. The fraction of sp³-hybridized carbons (Fsp3) is 0.575. The molecular weight excluding hydrogens is 674 g/mol. The summed E-state index contributed by atoms with van der Waals surface area (Å²) in [5.74, 6) is 4.80. The van der Waals surface area contributed by atoms with E-state index >= 15 is 0 Å². The van der Waals surface area contributed by atoms with Crippen molar-refractivity contribution in [2.45, 2.75) is 103 Å². The zero-order chi connectivity index (χ0) is 37.5. The SMILES string of the molecule is CC[C@H](C)CC(=O)NCCCCC1=NCC(c2ccc3c(c2)Oc2ccc(C4CN=C([C@@H]5CCCN5C(=O)[C@@H](NC(=O)OC)[C@@H](C)CC)N4)cc2O3)N1. The van der Waals surface area contributed by atoms with Crippen molar-refractivity contribution < 1.29 is 28.6 Å². The number of carbonyl (C=O) groups is 3. The minimum atomic E-state index is -0.662. The van der Waals surface area contributed by atoms with Crippen molar-refractivity contribution >= 4 is 29.6 Å². The number of amidine groups is 2. The average molecular weight is 730 g/mol. The van der Waals surface area contributed by atoms with Crippen LogP contribution in [0.4, 0.5) is 4.79 Å². The van der Waals surface area contributed by atoms with Gasteiger partial charge in [-0.25, -0.2) is 4.79 Å². The first-order valence-electron chi connectivity index (χ1n) is 19.3. The standard InChI is InChI=1S/C40H55N7O6/c1-6-24(3)19-36(48)41-17-9-8-12-35-42-22-28(44-35)26-13-15-31-33(20-26)52-32-16-14-27(21-34(32)53-31)29-23-43-38(45-29)30-11-10-18-47(30)39(49)37(25(4)7-2)46-40(50)51-5/h13-16,20-21,24-25,28-30,37H,6-12,17-19,22-23H2,1-5H3,(H,41,48)(H,42,44)(H,43,45)(H,46,50)/t24-,25-,28?,29?,30-,37-/m0/s1. The van der Waals surface area contributed by atoms with Crippen molar-refractivity contribution in [2.24, 2.45) is 21.8 Å². The van der Waals surface area contributed by atoms with Gasteiger partial charge in [0.05, 0.1) is 44.2 Å². The molecule has 0 saturated carbocycles. The Morgan fingerprint density at radius 1 is 0.925 bits per heavy atom. The quantitative estimate of drug-likeness (QED) is 0.136. The number of nitrogens with zero attached hydrogens (tertiary/aromatic N) is 3. The predicted molar refractivity (Wildman–Crippen MR) is 204 cm³/mol. The van der Waals surface area contributed by atoms with Crippen molar-refractivity contribution in [1.29, 1.82) is 0 Å². The lowest BCUT2D eigenvalue weighted by atomic mass is 9.97. The van der Waals surface area contributed by atoms with Crippen LogP contribution in [0.1, 0.15) is 102 Å². The van der Waals surface area contributed by atoms with Crippen molar-refractivity contribution in [3.63, 3.8) is 0 Å². The highest BCUT2D eigenvalue weighted by molar-refractivity contribution is 5.95. The van der Waals surface area contributed by atoms with Gasteiger partial charge in [-0.3, -0.25) is 19.6 Å². The topological polar surface area (TPSA) is 155 Å². The number of methoxy groups -OCH3 is 1. The van der Waals surface area contributed by atoms with E-state index in [9.17, 15) is 14.4 Å². The number of rotatable bonds is 15. The highest BCUT2D eigenvalue weighted by Gasteiger charge is 2.40. The zero-order valence-corrected chi connectivity index (χ0v) is 31.7. The van der Waals surface area contributed by atoms with Crippen LogP contribution in [0.5, 0.6) is 23.0 Å². The maximum Gasteiger partial charge on any atom is 0.407 e. The molecule has 0 aromatic heterocycles. The van der Waals surface area contributed by atoms with Gasteiger partial charge in [0.1, 0.15) is 11.9 Å². The van der Waals surface area contributed by atoms with E-state index in [1.54, 1.807) is 0 Å². The van der Waals surface area contributed by atoms with Crippen molar-refractivity contribution in [1.82, 2.24) is 26.2 Å². The first-order chi connectivity index (χ1) is 25.7. The van der Waals surface area contributed by atoms with E-state index in [2.05, 4.69) is 41.2 Å². The number of aliphatic imine (C=N–C) groups is 2. The van der Waals surface area contributed by atoms with E-state index in [0.29, 0.717) is 61.5 Å². The number of hydrogen-bond acceptors (Lipinski definition) is 10. The second kappa shape index (κ2) is 17.3. The van der Waals surface area contributed by atoms with E-state index in [1.807, 2.05) is 49.1 Å². The van der Waals surface area contributed by atoms with E-state index in [0.717, 1.165) is 67.7 Å². The molecule has 4 aliphatic rings. The molecule has 0 spiro atoms. The highest BCUT2D eigenvalue weighted by atomic mass is 16.6. The summed E-state index contributed by atoms with van der Waals surface area (Å²) in [7, 11) is 1.31. The molecule has 13 nitrogen and oxygen atoms in total. The van der Waals surface area contributed by atoms with Gasteiger partial charge < -0.3 is 40.4 Å². The van der Waals surface area contributed by atoms with E-state index < -0.39 is 12.1 Å². The summed E-state index contributed by atoms with van der Waals surface area (Å²) < 4.78 is 17.5. The van der Waals surface area contributed by atoms with Gasteiger partial charge in [0, 0.05) is 25.9 Å². The molecule has 1 fully saturated rings. The smallest absolute Gasteiger partial charge is 0.407 e. The Morgan fingerprint density at radius 2 is 1.60 bits per heavy atom. The lowest BCUT2D eigenvalue weighted by molar-refractivity contribution is -0.134. The maximum atomic E-state index is 13.7. The van der Waals surface area contributed by atoms with Gasteiger partial charge in [0.25, 0.3) is 0 Å². The van der Waals surface area contributed by atoms with Crippen LogP contribution in [0.3, 0.4) is 0 Å². The van der Waals surface area contributed by atoms with Gasteiger partial charge in [-0.15, -0.1) is 0 Å². The molecule has 0 aliphatic carbocycles. The Balaban J connectivity index is 1.000. The molecule has 4 heterocycles. The lowest BCUT2D eigenvalue weighted by Gasteiger charge is -2.32. The average Bonchev–Trinajstić information content (AvgIpc) is 3.96. The van der Waals surface area contributed by atoms with Crippen LogP contribution in [0.2, 0.25) is 0 Å². The molecule has 4 N–H and O–H groups in total. The van der Waals surface area contributed by atoms with E-state index in [4.69, 9.17) is 24.2 Å². The largest absolute Gasteiger partial charge is 0.453 e. The molecule has 2 aromatic rings. The normalized spacial score (nSPS) is 21.7. The third-order valence-corrected chi connectivity index (χ3v) is 10.9. The second-order valence-electron chi connectivity index (χ2n) is 14.7. The van der Waals surface area contributed by atoms with E-state index in [1.165, 1.54) is 7.11 Å². The molecular formula is C40H55N7O6. The summed E-state index contributed by atoms with van der Waals surface area (Å²) >= 11 is 0. The number of benzene rings is 2. The second-order valence-corrected chi connectivity index (χ2v) is 14.7. The maximum absolute atomic E-state index is 13.7. The first kappa shape index (κ1) is 37.9. The molecule has 53 heavy (non-hydrogen) atoms. The Labute approximate surface area is 312 Å². The third kappa shape index (κ3) is 9.05. The summed E-state index contributed by atoms with van der Waals surface area (Å²) in [6.45, 7) is 10.7. The molecule has 2 aromatic carbocycles. The van der Waals surface area contributed by atoms with Crippen molar-refractivity contribution in [3.05, 3.63) is 47.5 Å². The van der Waals surface area contributed by atoms with Gasteiger partial charge in [-0.1, -0.05) is 52.7 Å². The van der Waals surface area contributed by atoms with Gasteiger partial charge in [-0.05, 0) is 72.9 Å². The first-order valence-corrected chi connectivity index (χ1v) is 19.3. The molecule has 0 bridgehead atoms. The molecule has 2 unspecified atom stereocenters. The summed E-state index contributed by atoms with van der Waals surface area (Å²) in [6, 6.07) is 11.1. The number of nitrogens with one attached hydrogen (secondary N) is 4. The number of likely N-dealkylation sites (tertiary alicyclic amines) is 1. The molecule has 0 radical (unpaired) electrons. The van der Waals surface area contributed by atoms with Crippen LogP contribution in [0.15, 0.2) is 46.4 Å². The summed E-state index contributed by atoms with van der Waals surface area (Å²) in [5.41, 5.74) is 2.10. The Morgan fingerprint density at radius 3 is 2.26 bits per heavy atom. The molecule has 4 aliphatic heterocycles. The summed E-state index contributed by atoms with van der Waals surface area (Å²) in [4.78, 5) is 49.2. The highest BCUT2D eigenvalue weighted by Crippen LogP contribution is 2.47. The minimum Gasteiger partial charge on any atom is -0.453 e. The molecule has 286 valence electrons. The number of hydrogen-bond donors (Lipinski definition) is 4. The predicted octanol–water partition coefficient (Wildman–Crippen LogP) is 6.15. The van der Waals surface area contributed by atoms with E-state index in [-0.39, 0.29) is 35.9 Å². The summed E-state index contributed by atoms with van der Waals surface area (Å²) in [6.07, 6.45) is 6.14. The Bertz CT molecular complexity index is 1710. The Kier molecular flexibility index (Phi) is 12.4. The van der Waals surface area contributed by atoms with Crippen LogP contribution in [0, 0.1) is 11.8 Å². The molecule has 13 heteroatoms. The number of amides is 3. The van der Waals surface area contributed by atoms with Gasteiger partial charge >= 0.3 is 6.09 Å². The number of ether oxygens (including phenoxy) is 3. The number of unbranched alkanes of at least 4 members (excludes halogenated alkanes) is 1. The van der Waals surface area contributed by atoms with Gasteiger partial charge in [0.15, 0.2) is 23.0 Å². The number of alkyl carbamates (subject to hydrolysis) is 1. The van der Waals surface area contributed by atoms with Crippen LogP contribution >= 0.6 is 0 Å². The van der Waals surface area contributed by atoms with Crippen LogP contribution < -0.4 is 30.7 Å². The van der Waals surface area contributed by atoms with Crippen LogP contribution in [0.25, 0.3) is 0 Å². The number of carbonyl (C=O) groups excluding carboxylic acids is 3. The van der Waals surface area contributed by atoms with Gasteiger partial charge in [0.2, 0.25) is 11.8 Å². The minimum absolute atomic E-state index is 0.0442. The summed E-state index contributed by atoms with van der Waals surface area (Å²) in [5, 5.41) is 12.9. The number of fused-ring (bicyclic) bond motifs is 2. The third-order valence-electron chi connectivity index (χ3n) is 10.9. The monoisotopic (exact) mass is 729 g/mol. The molecule has 6 rings (SSSR count). The van der Waals surface area contributed by atoms with Crippen molar-refractivity contribution in [3.8, 4) is 23.0 Å². The Hall–Kier alpha value is -4.81. The fourth-order valence-electron chi connectivity index (χ4n) is 7.27. The zero-order valence-electron chi connectivity index (χ0n) is 31.7. The van der Waals surface area contributed by atoms with Gasteiger partial charge in [-0.2, -0.15) is 0 Å².